The van der Waals surface area contributed by atoms with Gasteiger partial charge in [0, 0.05) is 5.56 Å². The third-order valence-corrected chi connectivity index (χ3v) is 3.32. The minimum atomic E-state index is -1.57. The maximum absolute atomic E-state index is 14.0. The molecular formula is C19H16F4O. The summed E-state index contributed by atoms with van der Waals surface area (Å²) in [5, 5.41) is 0. The summed E-state index contributed by atoms with van der Waals surface area (Å²) in [6, 6.07) is 8.34. The second kappa shape index (κ2) is 8.39. The molecule has 0 N–H and O–H groups in total. The average molecular weight is 336 g/mol. The summed E-state index contributed by atoms with van der Waals surface area (Å²) < 4.78 is 60.8. The molecule has 0 radical (unpaired) electrons. The lowest BCUT2D eigenvalue weighted by Gasteiger charge is -2.10. The predicted molar refractivity (Wildman–Crippen MR) is 83.7 cm³/mol. The number of unbranched alkanes of at least 4 members (excludes halogenated alkanes) is 2. The lowest BCUT2D eigenvalue weighted by atomic mass is 10.1. The first-order valence-electron chi connectivity index (χ1n) is 7.62. The van der Waals surface area contributed by atoms with Crippen LogP contribution >= 0.6 is 0 Å². The minimum Gasteiger partial charge on any atom is -0.487 e. The zero-order valence-corrected chi connectivity index (χ0v) is 13.1. The molecule has 0 saturated carbocycles. The van der Waals surface area contributed by atoms with Crippen molar-refractivity contribution in [3.63, 3.8) is 0 Å². The molecule has 0 aliphatic heterocycles. The molecule has 0 aromatic heterocycles. The van der Waals surface area contributed by atoms with E-state index in [1.165, 1.54) is 0 Å². The van der Waals surface area contributed by atoms with E-state index in [0.717, 1.165) is 12.8 Å². The van der Waals surface area contributed by atoms with Crippen LogP contribution in [0.4, 0.5) is 17.6 Å². The molecule has 0 aliphatic rings. The average Bonchev–Trinajstić information content (AvgIpc) is 2.60. The van der Waals surface area contributed by atoms with Gasteiger partial charge in [-0.15, -0.1) is 0 Å². The Bertz CT molecular complexity index is 731. The first kappa shape index (κ1) is 17.9. The van der Waals surface area contributed by atoms with Crippen LogP contribution in [0.15, 0.2) is 30.3 Å². The maximum atomic E-state index is 14.0. The lowest BCUT2D eigenvalue weighted by Crippen LogP contribution is -2.07. The van der Waals surface area contributed by atoms with E-state index >= 15 is 0 Å². The lowest BCUT2D eigenvalue weighted by molar-refractivity contribution is 0.264. The first-order valence-corrected chi connectivity index (χ1v) is 7.62. The van der Waals surface area contributed by atoms with Gasteiger partial charge in [-0.25, -0.2) is 8.78 Å². The summed E-state index contributed by atoms with van der Waals surface area (Å²) in [7, 11) is 0. The molecule has 0 atom stereocenters. The van der Waals surface area contributed by atoms with Crippen LogP contribution in [-0.4, -0.2) is 6.61 Å². The van der Waals surface area contributed by atoms with Gasteiger partial charge in [0.05, 0.1) is 6.61 Å². The summed E-state index contributed by atoms with van der Waals surface area (Å²) in [6.07, 6.45) is 2.20. The van der Waals surface area contributed by atoms with Gasteiger partial charge in [0.2, 0.25) is 11.6 Å². The topological polar surface area (TPSA) is 9.23 Å². The SMILES string of the molecule is CCCCCOc1c(F)c(F)c(C#Cc2ccccc2)c(F)c1F. The zero-order chi connectivity index (χ0) is 17.5. The molecule has 0 saturated heterocycles. The zero-order valence-electron chi connectivity index (χ0n) is 13.1. The van der Waals surface area contributed by atoms with Gasteiger partial charge < -0.3 is 4.74 Å². The minimum absolute atomic E-state index is 0.0183. The van der Waals surface area contributed by atoms with Crippen molar-refractivity contribution in [2.45, 2.75) is 26.2 Å². The van der Waals surface area contributed by atoms with Gasteiger partial charge in [-0.1, -0.05) is 49.8 Å². The summed E-state index contributed by atoms with van der Waals surface area (Å²) in [5.41, 5.74) is -0.480. The Kier molecular flexibility index (Phi) is 6.25. The fourth-order valence-electron chi connectivity index (χ4n) is 2.03. The van der Waals surface area contributed by atoms with Gasteiger partial charge in [-0.2, -0.15) is 8.78 Å². The Hall–Kier alpha value is -2.48. The van der Waals surface area contributed by atoms with Gasteiger partial charge in [-0.05, 0) is 18.6 Å². The monoisotopic (exact) mass is 336 g/mol. The highest BCUT2D eigenvalue weighted by Gasteiger charge is 2.25. The summed E-state index contributed by atoms with van der Waals surface area (Å²) in [6.45, 7) is 1.93. The molecular weight excluding hydrogens is 320 g/mol. The van der Waals surface area contributed by atoms with Crippen LogP contribution in [0, 0.1) is 35.1 Å². The van der Waals surface area contributed by atoms with Gasteiger partial charge in [-0.3, -0.25) is 0 Å². The van der Waals surface area contributed by atoms with Gasteiger partial charge in [0.15, 0.2) is 17.4 Å². The van der Waals surface area contributed by atoms with Crippen molar-refractivity contribution in [3.05, 3.63) is 64.7 Å². The number of hydrogen-bond donors (Lipinski definition) is 0. The Morgan fingerprint density at radius 1 is 0.833 bits per heavy atom. The quantitative estimate of drug-likeness (QED) is 0.315. The molecule has 2 aromatic carbocycles. The summed E-state index contributed by atoms with van der Waals surface area (Å²) in [5.74, 6) is -2.66. The number of halogens is 4. The number of hydrogen-bond acceptors (Lipinski definition) is 1. The highest BCUT2D eigenvalue weighted by Crippen LogP contribution is 2.29. The van der Waals surface area contributed by atoms with E-state index in [2.05, 4.69) is 11.8 Å². The molecule has 0 unspecified atom stereocenters. The van der Waals surface area contributed by atoms with E-state index in [1.807, 2.05) is 6.92 Å². The van der Waals surface area contributed by atoms with E-state index in [4.69, 9.17) is 4.74 Å². The second-order valence-corrected chi connectivity index (χ2v) is 5.13. The molecule has 24 heavy (non-hydrogen) atoms. The molecule has 0 fully saturated rings. The van der Waals surface area contributed by atoms with Crippen LogP contribution in [0.1, 0.15) is 37.3 Å². The molecule has 0 heterocycles. The van der Waals surface area contributed by atoms with Gasteiger partial charge in [0.1, 0.15) is 5.56 Å². The van der Waals surface area contributed by atoms with Crippen LogP contribution in [0.3, 0.4) is 0 Å². The standard InChI is InChI=1S/C19H16F4O/c1-2-3-7-12-24-19-17(22)15(20)14(16(21)18(19)23)11-10-13-8-5-4-6-9-13/h4-6,8-9H,2-3,7,12H2,1H3. The Labute approximate surface area is 138 Å². The highest BCUT2D eigenvalue weighted by atomic mass is 19.2. The Balaban J connectivity index is 2.33. The van der Waals surface area contributed by atoms with E-state index in [0.29, 0.717) is 12.0 Å². The van der Waals surface area contributed by atoms with Gasteiger partial charge in [0.25, 0.3) is 0 Å². The van der Waals surface area contributed by atoms with E-state index in [9.17, 15) is 17.6 Å². The largest absolute Gasteiger partial charge is 0.487 e. The van der Waals surface area contributed by atoms with Crippen LogP contribution in [0.2, 0.25) is 0 Å². The second-order valence-electron chi connectivity index (χ2n) is 5.13. The number of rotatable bonds is 5. The van der Waals surface area contributed by atoms with Crippen LogP contribution in [0.25, 0.3) is 0 Å². The predicted octanol–water partition coefficient (Wildman–Crippen LogP) is 5.21. The molecule has 0 spiro atoms. The smallest absolute Gasteiger partial charge is 0.205 e. The third kappa shape index (κ3) is 4.08. The number of benzene rings is 2. The van der Waals surface area contributed by atoms with Crippen molar-refractivity contribution in [2.24, 2.45) is 0 Å². The Morgan fingerprint density at radius 2 is 1.46 bits per heavy atom. The van der Waals surface area contributed by atoms with Crippen LogP contribution < -0.4 is 4.74 Å². The molecule has 1 nitrogen and oxygen atoms in total. The summed E-state index contributed by atoms with van der Waals surface area (Å²) in [4.78, 5) is 0. The van der Waals surface area contributed by atoms with Crippen molar-refractivity contribution in [1.82, 2.24) is 0 Å². The van der Waals surface area contributed by atoms with Crippen molar-refractivity contribution in [3.8, 4) is 17.6 Å². The van der Waals surface area contributed by atoms with Crippen LogP contribution in [0.5, 0.6) is 5.75 Å². The molecule has 2 aromatic rings. The van der Waals surface area contributed by atoms with E-state index in [-0.39, 0.29) is 6.61 Å². The molecule has 0 aliphatic carbocycles. The number of ether oxygens (including phenoxy) is 1. The highest BCUT2D eigenvalue weighted by molar-refractivity contribution is 5.47. The van der Waals surface area contributed by atoms with Crippen molar-refractivity contribution >= 4 is 0 Å². The Morgan fingerprint density at radius 3 is 2.04 bits per heavy atom. The van der Waals surface area contributed by atoms with E-state index in [1.54, 1.807) is 30.3 Å². The normalized spacial score (nSPS) is 10.2. The van der Waals surface area contributed by atoms with Crippen molar-refractivity contribution in [1.29, 1.82) is 0 Å². The molecule has 5 heteroatoms. The van der Waals surface area contributed by atoms with Gasteiger partial charge >= 0.3 is 0 Å². The third-order valence-electron chi connectivity index (χ3n) is 3.32. The fourth-order valence-corrected chi connectivity index (χ4v) is 2.03. The van der Waals surface area contributed by atoms with Crippen molar-refractivity contribution < 1.29 is 22.3 Å². The summed E-state index contributed by atoms with van der Waals surface area (Å²) >= 11 is 0. The van der Waals surface area contributed by atoms with E-state index < -0.39 is 34.6 Å². The maximum Gasteiger partial charge on any atom is 0.205 e. The molecule has 0 bridgehead atoms. The molecule has 0 amide bonds. The fraction of sp³-hybridized carbons (Fsp3) is 0.263. The first-order chi connectivity index (χ1) is 11.6. The van der Waals surface area contributed by atoms with Crippen molar-refractivity contribution in [2.75, 3.05) is 6.61 Å². The molecule has 2 rings (SSSR count). The molecule has 126 valence electrons. The van der Waals surface area contributed by atoms with Crippen LogP contribution in [-0.2, 0) is 0 Å².